The number of nitrogens with one attached hydrogen (secondary N) is 3. The average Bonchev–Trinajstić information content (AvgIpc) is 3.23. The van der Waals surface area contributed by atoms with Crippen LogP contribution in [0.4, 0.5) is 4.39 Å². The van der Waals surface area contributed by atoms with E-state index in [-0.39, 0.29) is 46.4 Å². The predicted octanol–water partition coefficient (Wildman–Crippen LogP) is 3.25. The van der Waals surface area contributed by atoms with Gasteiger partial charge in [-0.2, -0.15) is 0 Å². The molecule has 2 fully saturated rings. The number of nitrogens with zero attached hydrogens (tertiary/aromatic N) is 1. The summed E-state index contributed by atoms with van der Waals surface area (Å²) in [7, 11) is 0. The number of Topliss-reactive ketones (excluding diaryl/α,β-unsaturated/α-hetero) is 1. The lowest BCUT2D eigenvalue weighted by atomic mass is 9.97. The van der Waals surface area contributed by atoms with Crippen LogP contribution in [-0.4, -0.2) is 63.9 Å². The lowest BCUT2D eigenvalue weighted by Crippen LogP contribution is -2.57. The van der Waals surface area contributed by atoms with Crippen LogP contribution in [0.3, 0.4) is 0 Å². The molecule has 10 heteroatoms. The first-order valence-electron chi connectivity index (χ1n) is 12.6. The summed E-state index contributed by atoms with van der Waals surface area (Å²) in [6, 6.07) is 3.58. The largest absolute Gasteiger partial charge is 0.350 e. The van der Waals surface area contributed by atoms with Crippen molar-refractivity contribution in [2.75, 3.05) is 12.4 Å². The van der Waals surface area contributed by atoms with Crippen molar-refractivity contribution in [2.45, 2.75) is 59.2 Å². The van der Waals surface area contributed by atoms with Crippen molar-refractivity contribution in [2.24, 2.45) is 23.2 Å². The number of benzene rings is 1. The number of hydrogen-bond acceptors (Lipinski definition) is 4. The Morgan fingerprint density at radius 1 is 1.19 bits per heavy atom. The highest BCUT2D eigenvalue weighted by molar-refractivity contribution is 6.28. The summed E-state index contributed by atoms with van der Waals surface area (Å²) in [5.74, 6) is -2.04. The lowest BCUT2D eigenvalue weighted by molar-refractivity contribution is -0.142. The zero-order chi connectivity index (χ0) is 27.2. The predicted molar refractivity (Wildman–Crippen MR) is 139 cm³/mol. The number of alkyl halides is 1. The molecule has 1 saturated heterocycles. The minimum Gasteiger partial charge on any atom is -0.350 e. The maximum atomic E-state index is 14.1. The molecule has 5 atom stereocenters. The fourth-order valence-electron chi connectivity index (χ4n) is 5.68. The summed E-state index contributed by atoms with van der Waals surface area (Å²) in [6.07, 6.45) is 0.365. The van der Waals surface area contributed by atoms with E-state index in [0.29, 0.717) is 23.9 Å². The average molecular weight is 533 g/mol. The van der Waals surface area contributed by atoms with Gasteiger partial charge in [0.25, 0.3) is 5.91 Å². The van der Waals surface area contributed by atoms with Crippen molar-refractivity contribution in [3.63, 3.8) is 0 Å². The Hall–Kier alpha value is -2.94. The number of rotatable bonds is 9. The van der Waals surface area contributed by atoms with Crippen molar-refractivity contribution < 1.29 is 23.6 Å². The zero-order valence-corrected chi connectivity index (χ0v) is 22.5. The number of carbonyl (C=O) groups excluding carboxylic acids is 4. The van der Waals surface area contributed by atoms with Crippen molar-refractivity contribution >= 4 is 46.0 Å². The molecule has 3 N–H and O–H groups in total. The smallest absolute Gasteiger partial charge is 0.268 e. The third-order valence-corrected chi connectivity index (χ3v) is 8.16. The van der Waals surface area contributed by atoms with Crippen molar-refractivity contribution in [1.82, 2.24) is 20.5 Å². The van der Waals surface area contributed by atoms with E-state index in [1.54, 1.807) is 24.0 Å². The minimum atomic E-state index is -0.874. The molecule has 1 unspecified atom stereocenters. The molecule has 37 heavy (non-hydrogen) atoms. The van der Waals surface area contributed by atoms with E-state index in [4.69, 9.17) is 11.6 Å². The van der Waals surface area contributed by atoms with Gasteiger partial charge in [0.15, 0.2) is 5.78 Å². The van der Waals surface area contributed by atoms with Crippen LogP contribution in [0.25, 0.3) is 10.9 Å². The second-order valence-electron chi connectivity index (χ2n) is 11.3. The highest BCUT2D eigenvalue weighted by Gasteiger charge is 2.69. The van der Waals surface area contributed by atoms with Crippen LogP contribution in [0, 0.1) is 29.0 Å². The Kier molecular flexibility index (Phi) is 7.38. The Morgan fingerprint density at radius 3 is 2.51 bits per heavy atom. The van der Waals surface area contributed by atoms with Gasteiger partial charge in [0.2, 0.25) is 11.8 Å². The molecule has 0 spiro atoms. The topological polar surface area (TPSA) is 111 Å². The highest BCUT2D eigenvalue weighted by atomic mass is 35.5. The minimum absolute atomic E-state index is 0.0400. The van der Waals surface area contributed by atoms with Gasteiger partial charge in [0.05, 0.1) is 11.9 Å². The Labute approximate surface area is 220 Å². The fourth-order valence-corrected chi connectivity index (χ4v) is 5.91. The number of hydrogen-bond donors (Lipinski definition) is 3. The summed E-state index contributed by atoms with van der Waals surface area (Å²) in [4.78, 5) is 56.7. The van der Waals surface area contributed by atoms with Crippen LogP contribution in [0.2, 0.25) is 0 Å². The van der Waals surface area contributed by atoms with Gasteiger partial charge in [-0.25, -0.2) is 4.39 Å². The fraction of sp³-hybridized carbons (Fsp3) is 0.556. The maximum absolute atomic E-state index is 14.1. The van der Waals surface area contributed by atoms with Gasteiger partial charge in [-0.05, 0) is 54.7 Å². The van der Waals surface area contributed by atoms with Crippen LogP contribution in [0.5, 0.6) is 0 Å². The van der Waals surface area contributed by atoms with E-state index >= 15 is 0 Å². The third-order valence-electron chi connectivity index (χ3n) is 7.90. The van der Waals surface area contributed by atoms with E-state index in [1.807, 2.05) is 13.8 Å². The van der Waals surface area contributed by atoms with Gasteiger partial charge in [-0.15, -0.1) is 11.6 Å². The number of fused-ring (bicyclic) bond motifs is 2. The molecule has 0 bridgehead atoms. The summed E-state index contributed by atoms with van der Waals surface area (Å²) in [5.41, 5.74) is 0.523. The van der Waals surface area contributed by atoms with Gasteiger partial charge in [-0.1, -0.05) is 33.8 Å². The number of ketones is 1. The van der Waals surface area contributed by atoms with E-state index in [1.165, 1.54) is 12.1 Å². The zero-order valence-electron chi connectivity index (χ0n) is 21.7. The van der Waals surface area contributed by atoms with E-state index in [2.05, 4.69) is 29.5 Å². The third kappa shape index (κ3) is 5.10. The molecule has 2 heterocycles. The molecule has 2 aliphatic rings. The van der Waals surface area contributed by atoms with E-state index < -0.39 is 35.8 Å². The molecule has 1 aromatic heterocycles. The van der Waals surface area contributed by atoms with Crippen LogP contribution in [0.1, 0.15) is 51.5 Å². The number of aromatic amines is 1. The number of H-pyrrole nitrogens is 1. The molecule has 0 radical (unpaired) electrons. The summed E-state index contributed by atoms with van der Waals surface area (Å²) in [5, 5.41) is 5.83. The SMILES string of the molecule is CC(C)C[C@H](NC(=O)c1cc2c(F)cccc2[nH]1)C(=O)N1C[C@H]2[C@@H]([C@H]1C(=O)NC(C)C(=O)CCl)C2(C)C. The van der Waals surface area contributed by atoms with Gasteiger partial charge in [-0.3, -0.25) is 19.2 Å². The second-order valence-corrected chi connectivity index (χ2v) is 11.5. The van der Waals surface area contributed by atoms with E-state index in [0.717, 1.165) is 0 Å². The van der Waals surface area contributed by atoms with Gasteiger partial charge < -0.3 is 20.5 Å². The van der Waals surface area contributed by atoms with Gasteiger partial charge in [0, 0.05) is 17.4 Å². The molecular weight excluding hydrogens is 499 g/mol. The lowest BCUT2D eigenvalue weighted by Gasteiger charge is -2.34. The Balaban J connectivity index is 1.56. The summed E-state index contributed by atoms with van der Waals surface area (Å²) >= 11 is 5.65. The molecule has 1 saturated carbocycles. The molecule has 2 aromatic rings. The van der Waals surface area contributed by atoms with Gasteiger partial charge in [0.1, 0.15) is 23.6 Å². The molecule has 1 aromatic carbocycles. The standard InChI is InChI=1S/C27H34ClFN4O4/c1-13(2)9-20(32-24(35)19-10-15-17(29)7-6-8-18(15)31-19)26(37)33-12-16-22(27(16,4)5)23(33)25(36)30-14(3)21(34)11-28/h6-8,10,13-14,16,20,22-23,31H,9,11-12H2,1-5H3,(H,30,36)(H,32,35)/t14?,16-,20-,22-,23-/m0/s1. The van der Waals surface area contributed by atoms with Crippen LogP contribution in [-0.2, 0) is 14.4 Å². The normalized spacial score (nSPS) is 23.5. The molecule has 8 nitrogen and oxygen atoms in total. The number of halogens is 2. The first kappa shape index (κ1) is 27.1. The van der Waals surface area contributed by atoms with Gasteiger partial charge >= 0.3 is 0 Å². The Morgan fingerprint density at radius 2 is 1.89 bits per heavy atom. The molecule has 1 aliphatic carbocycles. The first-order chi connectivity index (χ1) is 17.4. The monoisotopic (exact) mass is 532 g/mol. The van der Waals surface area contributed by atoms with Crippen molar-refractivity contribution in [3.8, 4) is 0 Å². The Bertz CT molecular complexity index is 1240. The number of amides is 3. The number of aromatic nitrogens is 1. The van der Waals surface area contributed by atoms with Crippen molar-refractivity contribution in [3.05, 3.63) is 35.8 Å². The quantitative estimate of drug-likeness (QED) is 0.430. The highest BCUT2D eigenvalue weighted by Crippen LogP contribution is 2.64. The molecule has 1 aliphatic heterocycles. The van der Waals surface area contributed by atoms with Crippen LogP contribution < -0.4 is 10.6 Å². The van der Waals surface area contributed by atoms with Crippen molar-refractivity contribution in [1.29, 1.82) is 0 Å². The number of carbonyl (C=O) groups is 4. The maximum Gasteiger partial charge on any atom is 0.268 e. The molecule has 200 valence electrons. The summed E-state index contributed by atoms with van der Waals surface area (Å²) < 4.78 is 14.1. The number of likely N-dealkylation sites (tertiary alicyclic amines) is 1. The second kappa shape index (κ2) is 10.1. The van der Waals surface area contributed by atoms with Crippen LogP contribution >= 0.6 is 11.6 Å². The van der Waals surface area contributed by atoms with Crippen LogP contribution in [0.15, 0.2) is 24.3 Å². The summed E-state index contributed by atoms with van der Waals surface area (Å²) in [6.45, 7) is 10.00. The molecule has 3 amide bonds. The first-order valence-corrected chi connectivity index (χ1v) is 13.2. The molecular formula is C27H34ClFN4O4. The number of piperidine rings is 1. The van der Waals surface area contributed by atoms with E-state index in [9.17, 15) is 23.6 Å². The molecule has 4 rings (SSSR count).